The van der Waals surface area contributed by atoms with E-state index in [9.17, 15) is 19.8 Å². The highest BCUT2D eigenvalue weighted by Crippen LogP contribution is 2.25. The Morgan fingerprint density at radius 1 is 1.27 bits per heavy atom. The average molecular weight is 304 g/mol. The first kappa shape index (κ1) is 15.6. The lowest BCUT2D eigenvalue weighted by molar-refractivity contribution is 0.0685. The van der Waals surface area contributed by atoms with Crippen molar-refractivity contribution < 1.29 is 19.4 Å². The summed E-state index contributed by atoms with van der Waals surface area (Å²) in [6, 6.07) is 5.90. The summed E-state index contributed by atoms with van der Waals surface area (Å²) in [4.78, 5) is 24.1. The van der Waals surface area contributed by atoms with Gasteiger partial charge in [-0.3, -0.25) is 9.80 Å². The normalized spacial score (nSPS) is 12.0. The molecule has 1 heterocycles. The first-order valence-corrected chi connectivity index (χ1v) is 6.52. The number of aryl methyl sites for hydroxylation is 1. The van der Waals surface area contributed by atoms with E-state index in [0.717, 1.165) is 5.01 Å². The topological polar surface area (TPSA) is 117 Å². The Labute approximate surface area is 126 Å². The van der Waals surface area contributed by atoms with E-state index in [2.05, 4.69) is 0 Å². The van der Waals surface area contributed by atoms with E-state index in [-0.39, 0.29) is 28.4 Å². The minimum atomic E-state index is -0.891. The quantitative estimate of drug-likeness (QED) is 0.449. The van der Waals surface area contributed by atoms with Crippen LogP contribution in [-0.4, -0.2) is 21.1 Å². The number of hydrazine groups is 1. The maximum atomic E-state index is 12.3. The molecule has 0 bridgehead atoms. The van der Waals surface area contributed by atoms with Crippen molar-refractivity contribution in [1.82, 2.24) is 5.01 Å². The van der Waals surface area contributed by atoms with E-state index in [4.69, 9.17) is 10.3 Å². The Kier molecular flexibility index (Phi) is 4.18. The molecule has 0 aliphatic rings. The summed E-state index contributed by atoms with van der Waals surface area (Å²) in [5, 5.41) is 19.9. The monoisotopic (exact) mass is 304 g/mol. The highest BCUT2D eigenvalue weighted by molar-refractivity contribution is 5.94. The van der Waals surface area contributed by atoms with E-state index in [0.29, 0.717) is 0 Å². The average Bonchev–Trinajstić information content (AvgIpc) is 2.45. The second-order valence-corrected chi connectivity index (χ2v) is 4.88. The highest BCUT2D eigenvalue weighted by atomic mass is 16.4. The maximum absolute atomic E-state index is 12.3. The first-order chi connectivity index (χ1) is 10.3. The van der Waals surface area contributed by atoms with Crippen LogP contribution in [0, 0.1) is 6.92 Å². The van der Waals surface area contributed by atoms with Crippen LogP contribution in [0.1, 0.15) is 34.6 Å². The molecule has 0 spiro atoms. The van der Waals surface area contributed by atoms with E-state index in [1.54, 1.807) is 0 Å². The number of carbonyl (C=O) groups is 1. The smallest absolute Gasteiger partial charge is 0.345 e. The zero-order valence-electron chi connectivity index (χ0n) is 12.1. The summed E-state index contributed by atoms with van der Waals surface area (Å²) in [6.45, 7) is 3.02. The van der Waals surface area contributed by atoms with E-state index in [1.165, 1.54) is 44.2 Å². The number of phenols is 1. The fraction of sp³-hybridized carbons (Fsp3) is 0.200. The molecular weight excluding hydrogens is 288 g/mol. The zero-order chi connectivity index (χ0) is 16.4. The molecule has 0 fully saturated rings. The lowest BCUT2D eigenvalue weighted by Crippen LogP contribution is -2.41. The van der Waals surface area contributed by atoms with Crippen LogP contribution in [0.5, 0.6) is 11.5 Å². The highest BCUT2D eigenvalue weighted by Gasteiger charge is 2.25. The van der Waals surface area contributed by atoms with Gasteiger partial charge >= 0.3 is 5.63 Å². The predicted molar refractivity (Wildman–Crippen MR) is 78.3 cm³/mol. The Morgan fingerprint density at radius 2 is 1.86 bits per heavy atom. The minimum Gasteiger partial charge on any atom is -0.508 e. The SMILES string of the molecule is Cc1cc(O)c(C(C)N(N)C(=O)c2ccc(O)cc2)c(=O)o1. The molecule has 1 amide bonds. The molecular formula is C15H16N2O5. The molecule has 116 valence electrons. The Balaban J connectivity index is 2.33. The second-order valence-electron chi connectivity index (χ2n) is 4.88. The zero-order valence-corrected chi connectivity index (χ0v) is 12.1. The van der Waals surface area contributed by atoms with Crippen molar-refractivity contribution in [2.45, 2.75) is 19.9 Å². The van der Waals surface area contributed by atoms with Crippen molar-refractivity contribution in [3.63, 3.8) is 0 Å². The molecule has 1 aromatic carbocycles. The number of rotatable bonds is 3. The summed E-state index contributed by atoms with van der Waals surface area (Å²) in [6.07, 6.45) is 0. The molecule has 2 aromatic rings. The van der Waals surface area contributed by atoms with E-state index in [1.807, 2.05) is 0 Å². The standard InChI is InChI=1S/C15H16N2O5/c1-8-7-12(19)13(15(21)22-8)9(2)17(16)14(20)10-3-5-11(18)6-4-10/h3-7,9,18-19H,16H2,1-2H3. The van der Waals surface area contributed by atoms with Crippen molar-refractivity contribution in [2.75, 3.05) is 0 Å². The largest absolute Gasteiger partial charge is 0.508 e. The third-order valence-electron chi connectivity index (χ3n) is 3.27. The summed E-state index contributed by atoms with van der Waals surface area (Å²) >= 11 is 0. The van der Waals surface area contributed by atoms with Crippen molar-refractivity contribution >= 4 is 5.91 Å². The number of hydrogen-bond donors (Lipinski definition) is 3. The van der Waals surface area contributed by atoms with Gasteiger partial charge in [-0.2, -0.15) is 0 Å². The van der Waals surface area contributed by atoms with Gasteiger partial charge in [0.2, 0.25) is 0 Å². The van der Waals surface area contributed by atoms with Crippen LogP contribution < -0.4 is 11.5 Å². The first-order valence-electron chi connectivity index (χ1n) is 6.52. The molecule has 1 aromatic heterocycles. The van der Waals surface area contributed by atoms with Crippen molar-refractivity contribution in [1.29, 1.82) is 0 Å². The molecule has 1 atom stereocenters. The molecule has 7 heteroatoms. The number of hydrogen-bond acceptors (Lipinski definition) is 6. The number of nitrogens with two attached hydrogens (primary N) is 1. The van der Waals surface area contributed by atoms with Crippen molar-refractivity contribution in [3.05, 3.63) is 57.6 Å². The van der Waals surface area contributed by atoms with Crippen molar-refractivity contribution in [3.8, 4) is 11.5 Å². The van der Waals surface area contributed by atoms with Gasteiger partial charge in [0.1, 0.15) is 22.8 Å². The lowest BCUT2D eigenvalue weighted by Gasteiger charge is -2.24. The molecule has 2 rings (SSSR count). The predicted octanol–water partition coefficient (Wildman–Crippen LogP) is 1.44. The minimum absolute atomic E-state index is 0.0185. The van der Waals surface area contributed by atoms with Crippen LogP contribution >= 0.6 is 0 Å². The Bertz CT molecular complexity index is 752. The number of carbonyl (C=O) groups excluding carboxylic acids is 1. The lowest BCUT2D eigenvalue weighted by atomic mass is 10.1. The molecule has 0 saturated carbocycles. The van der Waals surface area contributed by atoms with Gasteiger partial charge in [-0.25, -0.2) is 10.6 Å². The van der Waals surface area contributed by atoms with Crippen LogP contribution in [0.25, 0.3) is 0 Å². The van der Waals surface area contributed by atoms with Gasteiger partial charge in [0.15, 0.2) is 0 Å². The van der Waals surface area contributed by atoms with Crippen LogP contribution in [0.4, 0.5) is 0 Å². The number of phenolic OH excluding ortho intramolecular Hbond substituents is 1. The van der Waals surface area contributed by atoms with Crippen LogP contribution in [0.2, 0.25) is 0 Å². The van der Waals surface area contributed by atoms with E-state index >= 15 is 0 Å². The third-order valence-corrected chi connectivity index (χ3v) is 3.27. The molecule has 0 aliphatic carbocycles. The molecule has 7 nitrogen and oxygen atoms in total. The van der Waals surface area contributed by atoms with Gasteiger partial charge in [-0.05, 0) is 38.1 Å². The molecule has 0 aliphatic heterocycles. The number of benzene rings is 1. The summed E-state index contributed by atoms with van der Waals surface area (Å²) in [5.74, 6) is 5.20. The van der Waals surface area contributed by atoms with Gasteiger partial charge in [0.05, 0.1) is 6.04 Å². The van der Waals surface area contributed by atoms with Gasteiger partial charge in [-0.15, -0.1) is 0 Å². The number of aromatic hydroxyl groups is 2. The van der Waals surface area contributed by atoms with Gasteiger partial charge in [0, 0.05) is 11.6 Å². The van der Waals surface area contributed by atoms with Crippen molar-refractivity contribution in [2.24, 2.45) is 5.84 Å². The fourth-order valence-electron chi connectivity index (χ4n) is 2.06. The van der Waals surface area contributed by atoms with Gasteiger partial charge < -0.3 is 14.6 Å². The van der Waals surface area contributed by atoms with Crippen LogP contribution in [-0.2, 0) is 0 Å². The van der Waals surface area contributed by atoms with Gasteiger partial charge in [-0.1, -0.05) is 0 Å². The Hall–Kier alpha value is -2.80. The van der Waals surface area contributed by atoms with E-state index < -0.39 is 17.6 Å². The number of nitrogens with zero attached hydrogens (tertiary/aromatic N) is 1. The molecule has 0 radical (unpaired) electrons. The molecule has 1 unspecified atom stereocenters. The molecule has 22 heavy (non-hydrogen) atoms. The van der Waals surface area contributed by atoms with Crippen LogP contribution in [0.3, 0.4) is 0 Å². The van der Waals surface area contributed by atoms with Gasteiger partial charge in [0.25, 0.3) is 5.91 Å². The maximum Gasteiger partial charge on any atom is 0.345 e. The molecule has 0 saturated heterocycles. The second kappa shape index (κ2) is 5.90. The summed E-state index contributed by atoms with van der Waals surface area (Å²) in [7, 11) is 0. The third kappa shape index (κ3) is 2.94. The number of amides is 1. The van der Waals surface area contributed by atoms with Crippen LogP contribution in [0.15, 0.2) is 39.5 Å². The summed E-state index contributed by atoms with van der Waals surface area (Å²) in [5.41, 5.74) is -0.609. The Morgan fingerprint density at radius 3 is 2.41 bits per heavy atom. The fourth-order valence-corrected chi connectivity index (χ4v) is 2.06. The summed E-state index contributed by atoms with van der Waals surface area (Å²) < 4.78 is 4.92. The molecule has 4 N–H and O–H groups in total.